The van der Waals surface area contributed by atoms with E-state index in [0.717, 1.165) is 15.4 Å². The Morgan fingerprint density at radius 3 is 2.36 bits per heavy atom. The zero-order valence-corrected chi connectivity index (χ0v) is 19.4. The van der Waals surface area contributed by atoms with Crippen molar-refractivity contribution in [1.82, 2.24) is 5.43 Å². The van der Waals surface area contributed by atoms with E-state index in [0.29, 0.717) is 11.5 Å². The van der Waals surface area contributed by atoms with Gasteiger partial charge in [-0.1, -0.05) is 48.0 Å². The Morgan fingerprint density at radius 1 is 0.970 bits per heavy atom. The molecule has 3 aromatic rings. The number of hydrogen-bond donors (Lipinski definition) is 1. The van der Waals surface area contributed by atoms with E-state index in [1.165, 1.54) is 38.6 Å². The van der Waals surface area contributed by atoms with Crippen LogP contribution in [0.15, 0.2) is 82.8 Å². The number of hydrazone groups is 1. The van der Waals surface area contributed by atoms with Crippen molar-refractivity contribution in [2.45, 2.75) is 11.8 Å². The second-order valence-electron chi connectivity index (χ2n) is 7.07. The Labute approximate surface area is 193 Å². The number of benzene rings is 3. The lowest BCUT2D eigenvalue weighted by atomic mass is 10.2. The van der Waals surface area contributed by atoms with Crippen LogP contribution in [-0.2, 0) is 14.8 Å². The summed E-state index contributed by atoms with van der Waals surface area (Å²) in [6.07, 6.45) is 1.50. The van der Waals surface area contributed by atoms with Gasteiger partial charge in [0.1, 0.15) is 6.54 Å². The molecule has 1 N–H and O–H groups in total. The second-order valence-corrected chi connectivity index (χ2v) is 8.93. The van der Waals surface area contributed by atoms with Gasteiger partial charge >= 0.3 is 0 Å². The molecule has 0 aliphatic heterocycles. The highest BCUT2D eigenvalue weighted by Gasteiger charge is 2.28. The molecule has 0 saturated carbocycles. The topological polar surface area (TPSA) is 97.3 Å². The molecule has 0 atom stereocenters. The van der Waals surface area contributed by atoms with Crippen LogP contribution in [0, 0.1) is 6.92 Å². The Balaban J connectivity index is 1.90. The van der Waals surface area contributed by atoms with Gasteiger partial charge in [-0.25, -0.2) is 13.8 Å². The molecule has 0 aromatic heterocycles. The molecular formula is C24H25N3O5S. The predicted molar refractivity (Wildman–Crippen MR) is 127 cm³/mol. The molecule has 1 amide bonds. The van der Waals surface area contributed by atoms with Gasteiger partial charge in [-0.2, -0.15) is 5.10 Å². The monoisotopic (exact) mass is 467 g/mol. The third kappa shape index (κ3) is 5.89. The number of carbonyl (C=O) groups is 1. The predicted octanol–water partition coefficient (Wildman–Crippen LogP) is 3.36. The maximum atomic E-state index is 13.4. The van der Waals surface area contributed by atoms with Gasteiger partial charge in [0, 0.05) is 6.07 Å². The van der Waals surface area contributed by atoms with Crippen LogP contribution in [0.4, 0.5) is 5.69 Å². The fourth-order valence-electron chi connectivity index (χ4n) is 3.11. The summed E-state index contributed by atoms with van der Waals surface area (Å²) in [6, 6.07) is 20.1. The van der Waals surface area contributed by atoms with Gasteiger partial charge < -0.3 is 9.47 Å². The molecule has 0 heterocycles. The highest BCUT2D eigenvalue weighted by molar-refractivity contribution is 7.92. The van der Waals surface area contributed by atoms with Gasteiger partial charge in [-0.3, -0.25) is 9.10 Å². The van der Waals surface area contributed by atoms with Crippen molar-refractivity contribution in [3.05, 3.63) is 83.9 Å². The maximum absolute atomic E-state index is 13.4. The van der Waals surface area contributed by atoms with E-state index in [1.807, 2.05) is 31.2 Å². The molecule has 3 rings (SSSR count). The number of methoxy groups -OCH3 is 2. The average Bonchev–Trinajstić information content (AvgIpc) is 2.82. The Hall–Kier alpha value is -3.85. The number of rotatable bonds is 9. The molecule has 0 saturated heterocycles. The number of aryl methyl sites for hydroxylation is 1. The number of nitrogens with zero attached hydrogens (tertiary/aromatic N) is 2. The van der Waals surface area contributed by atoms with Crippen molar-refractivity contribution in [2.24, 2.45) is 5.10 Å². The van der Waals surface area contributed by atoms with Gasteiger partial charge in [0.25, 0.3) is 15.9 Å². The van der Waals surface area contributed by atoms with E-state index in [1.54, 1.807) is 30.3 Å². The molecular weight excluding hydrogens is 442 g/mol. The molecule has 0 aliphatic carbocycles. The fourth-order valence-corrected chi connectivity index (χ4v) is 4.54. The summed E-state index contributed by atoms with van der Waals surface area (Å²) in [5, 5.41) is 3.95. The van der Waals surface area contributed by atoms with Crippen LogP contribution in [0.1, 0.15) is 11.1 Å². The highest BCUT2D eigenvalue weighted by Crippen LogP contribution is 2.33. The number of hydrogen-bond acceptors (Lipinski definition) is 6. The molecule has 0 spiro atoms. The van der Waals surface area contributed by atoms with E-state index in [-0.39, 0.29) is 10.6 Å². The summed E-state index contributed by atoms with van der Waals surface area (Å²) < 4.78 is 38.3. The largest absolute Gasteiger partial charge is 0.493 e. The van der Waals surface area contributed by atoms with E-state index >= 15 is 0 Å². The minimum absolute atomic E-state index is 0.0517. The molecule has 0 fully saturated rings. The SMILES string of the molecule is COc1ccc(N(CC(=O)N/N=C\c2cccc(C)c2)S(=O)(=O)c2ccccc2)cc1OC. The lowest BCUT2D eigenvalue weighted by Crippen LogP contribution is -2.39. The number of ether oxygens (including phenoxy) is 2. The lowest BCUT2D eigenvalue weighted by molar-refractivity contribution is -0.119. The summed E-state index contributed by atoms with van der Waals surface area (Å²) in [5.41, 5.74) is 4.50. The summed E-state index contributed by atoms with van der Waals surface area (Å²) in [6.45, 7) is 1.46. The number of amides is 1. The Kier molecular flexibility index (Phi) is 7.68. The molecule has 0 radical (unpaired) electrons. The van der Waals surface area contributed by atoms with Crippen LogP contribution in [-0.4, -0.2) is 41.3 Å². The number of carbonyl (C=O) groups excluding carboxylic acids is 1. The van der Waals surface area contributed by atoms with Gasteiger partial charge in [-0.15, -0.1) is 0 Å². The molecule has 0 aliphatic rings. The first-order chi connectivity index (χ1) is 15.8. The van der Waals surface area contributed by atoms with Crippen molar-refractivity contribution in [2.75, 3.05) is 25.1 Å². The van der Waals surface area contributed by atoms with Crippen LogP contribution in [0.25, 0.3) is 0 Å². The molecule has 8 nitrogen and oxygen atoms in total. The molecule has 0 unspecified atom stereocenters. The maximum Gasteiger partial charge on any atom is 0.264 e. The van der Waals surface area contributed by atoms with Gasteiger partial charge in [0.2, 0.25) is 0 Å². The standard InChI is InChI=1S/C24H25N3O5S/c1-18-8-7-9-19(14-18)16-25-26-24(28)17-27(33(29,30)21-10-5-4-6-11-21)20-12-13-22(31-2)23(15-20)32-3/h4-16H,17H2,1-3H3,(H,26,28)/b25-16-. The zero-order valence-electron chi connectivity index (χ0n) is 18.6. The van der Waals surface area contributed by atoms with E-state index in [9.17, 15) is 13.2 Å². The summed E-state index contributed by atoms with van der Waals surface area (Å²) >= 11 is 0. The Morgan fingerprint density at radius 2 is 1.70 bits per heavy atom. The van der Waals surface area contributed by atoms with Gasteiger partial charge in [0.15, 0.2) is 11.5 Å². The zero-order chi connectivity index (χ0) is 23.8. The fraction of sp³-hybridized carbons (Fsp3) is 0.167. The third-order valence-corrected chi connectivity index (χ3v) is 6.51. The minimum atomic E-state index is -4.05. The third-order valence-electron chi connectivity index (χ3n) is 4.72. The molecule has 9 heteroatoms. The van der Waals surface area contributed by atoms with Crippen LogP contribution >= 0.6 is 0 Å². The minimum Gasteiger partial charge on any atom is -0.493 e. The second kappa shape index (κ2) is 10.6. The van der Waals surface area contributed by atoms with E-state index in [4.69, 9.17) is 9.47 Å². The van der Waals surface area contributed by atoms with Crippen molar-refractivity contribution in [3.8, 4) is 11.5 Å². The van der Waals surface area contributed by atoms with Crippen LogP contribution < -0.4 is 19.2 Å². The first-order valence-corrected chi connectivity index (χ1v) is 11.5. The summed E-state index contributed by atoms with van der Waals surface area (Å²) in [5.74, 6) is 0.167. The summed E-state index contributed by atoms with van der Waals surface area (Å²) in [4.78, 5) is 12.7. The average molecular weight is 468 g/mol. The van der Waals surface area contributed by atoms with Crippen LogP contribution in [0.5, 0.6) is 11.5 Å². The number of sulfonamides is 1. The molecule has 0 bridgehead atoms. The summed E-state index contributed by atoms with van der Waals surface area (Å²) in [7, 11) is -1.12. The lowest BCUT2D eigenvalue weighted by Gasteiger charge is -2.24. The van der Waals surface area contributed by atoms with Crippen LogP contribution in [0.3, 0.4) is 0 Å². The van der Waals surface area contributed by atoms with E-state index in [2.05, 4.69) is 10.5 Å². The highest BCUT2D eigenvalue weighted by atomic mass is 32.2. The van der Waals surface area contributed by atoms with Crippen LogP contribution in [0.2, 0.25) is 0 Å². The number of nitrogens with one attached hydrogen (secondary N) is 1. The van der Waals surface area contributed by atoms with Gasteiger partial charge in [0.05, 0.1) is 31.0 Å². The first-order valence-electron chi connectivity index (χ1n) is 10.0. The molecule has 172 valence electrons. The first kappa shape index (κ1) is 23.8. The van der Waals surface area contributed by atoms with Crippen molar-refractivity contribution >= 4 is 27.8 Å². The molecule has 3 aromatic carbocycles. The molecule has 33 heavy (non-hydrogen) atoms. The van der Waals surface area contributed by atoms with E-state index < -0.39 is 22.5 Å². The normalized spacial score (nSPS) is 11.2. The smallest absolute Gasteiger partial charge is 0.264 e. The number of anilines is 1. The van der Waals surface area contributed by atoms with Gasteiger partial charge in [-0.05, 0) is 36.8 Å². The van der Waals surface area contributed by atoms with Crippen molar-refractivity contribution in [1.29, 1.82) is 0 Å². The quantitative estimate of drug-likeness (QED) is 0.384. The van der Waals surface area contributed by atoms with Crippen molar-refractivity contribution < 1.29 is 22.7 Å². The Bertz CT molecular complexity index is 1240. The van der Waals surface area contributed by atoms with Crippen molar-refractivity contribution in [3.63, 3.8) is 0 Å².